The van der Waals surface area contributed by atoms with Gasteiger partial charge in [-0.15, -0.1) is 0 Å². The molecule has 0 saturated carbocycles. The summed E-state index contributed by atoms with van der Waals surface area (Å²) in [6.45, 7) is 8.59. The first kappa shape index (κ1) is 19.9. The summed E-state index contributed by atoms with van der Waals surface area (Å²) in [7, 11) is 1.68. The molecule has 4 atom stereocenters. The summed E-state index contributed by atoms with van der Waals surface area (Å²) in [6, 6.07) is 8.44. The lowest BCUT2D eigenvalue weighted by atomic mass is 9.75. The quantitative estimate of drug-likeness (QED) is 0.704. The van der Waals surface area contributed by atoms with Crippen LogP contribution in [0.15, 0.2) is 24.3 Å². The first-order valence-electron chi connectivity index (χ1n) is 10.4. The number of anilines is 1. The SMILES string of the molecule is COc1cccc(NC(=S)NCC2CC3CCN2CC3CN2CCOCC2)c1. The van der Waals surface area contributed by atoms with E-state index in [1.165, 1.54) is 32.5 Å². The number of morpholine rings is 1. The van der Waals surface area contributed by atoms with Crippen molar-refractivity contribution in [3.05, 3.63) is 24.3 Å². The van der Waals surface area contributed by atoms with Gasteiger partial charge in [-0.2, -0.15) is 0 Å². The molecule has 5 rings (SSSR count). The van der Waals surface area contributed by atoms with E-state index in [1.807, 2.05) is 24.3 Å². The van der Waals surface area contributed by atoms with E-state index in [2.05, 4.69) is 20.4 Å². The molecule has 1 aromatic carbocycles. The number of thiocarbonyl (C=S) groups is 1. The Balaban J connectivity index is 1.23. The molecule has 2 bridgehead atoms. The van der Waals surface area contributed by atoms with Gasteiger partial charge < -0.3 is 20.1 Å². The molecular formula is C21H32N4O2S. The number of methoxy groups -OCH3 is 1. The highest BCUT2D eigenvalue weighted by Crippen LogP contribution is 2.36. The number of hydrogen-bond acceptors (Lipinski definition) is 5. The van der Waals surface area contributed by atoms with Crippen molar-refractivity contribution < 1.29 is 9.47 Å². The normalized spacial score (nSPS) is 30.0. The Kier molecular flexibility index (Phi) is 6.67. The highest BCUT2D eigenvalue weighted by Gasteiger charge is 2.40. The predicted octanol–water partition coefficient (Wildman–Crippen LogP) is 2.02. The first-order valence-corrected chi connectivity index (χ1v) is 10.8. The maximum Gasteiger partial charge on any atom is 0.170 e. The van der Waals surface area contributed by atoms with E-state index in [9.17, 15) is 0 Å². The number of nitrogens with zero attached hydrogens (tertiary/aromatic N) is 2. The number of fused-ring (bicyclic) bond motifs is 3. The molecule has 28 heavy (non-hydrogen) atoms. The summed E-state index contributed by atoms with van der Waals surface area (Å²) in [5.74, 6) is 2.49. The molecule has 4 heterocycles. The van der Waals surface area contributed by atoms with Gasteiger partial charge in [0.25, 0.3) is 0 Å². The van der Waals surface area contributed by atoms with Gasteiger partial charge in [0, 0.05) is 50.5 Å². The van der Waals surface area contributed by atoms with Crippen LogP contribution in [0.5, 0.6) is 5.75 Å². The van der Waals surface area contributed by atoms with Crippen LogP contribution >= 0.6 is 12.2 Å². The van der Waals surface area contributed by atoms with Crippen LogP contribution in [0.4, 0.5) is 5.69 Å². The number of piperidine rings is 3. The number of ether oxygens (including phenoxy) is 2. The second kappa shape index (κ2) is 9.39. The van der Waals surface area contributed by atoms with Crippen LogP contribution in [0.25, 0.3) is 0 Å². The second-order valence-corrected chi connectivity index (χ2v) is 8.58. The molecule has 0 amide bonds. The molecule has 6 nitrogen and oxygen atoms in total. The molecule has 0 aromatic heterocycles. The van der Waals surface area contributed by atoms with E-state index in [-0.39, 0.29) is 0 Å². The number of hydrogen-bond donors (Lipinski definition) is 2. The Bertz CT molecular complexity index is 668. The van der Waals surface area contributed by atoms with Crippen molar-refractivity contribution in [3.8, 4) is 5.75 Å². The molecule has 2 N–H and O–H groups in total. The van der Waals surface area contributed by atoms with Crippen LogP contribution in [-0.4, -0.2) is 80.5 Å². The van der Waals surface area contributed by atoms with E-state index < -0.39 is 0 Å². The van der Waals surface area contributed by atoms with E-state index in [0.29, 0.717) is 11.2 Å². The fourth-order valence-electron chi connectivity index (χ4n) is 4.87. The largest absolute Gasteiger partial charge is 0.497 e. The molecule has 4 aliphatic heterocycles. The average molecular weight is 405 g/mol. The molecule has 4 saturated heterocycles. The first-order chi connectivity index (χ1) is 13.7. The predicted molar refractivity (Wildman–Crippen MR) is 116 cm³/mol. The van der Waals surface area contributed by atoms with Crippen LogP contribution in [0.2, 0.25) is 0 Å². The van der Waals surface area contributed by atoms with Crippen molar-refractivity contribution in [3.63, 3.8) is 0 Å². The highest BCUT2D eigenvalue weighted by atomic mass is 32.1. The van der Waals surface area contributed by atoms with Crippen molar-refractivity contribution in [1.29, 1.82) is 0 Å². The number of rotatable bonds is 6. The Morgan fingerprint density at radius 2 is 2.14 bits per heavy atom. The molecule has 0 spiro atoms. The molecule has 4 aliphatic rings. The molecule has 154 valence electrons. The van der Waals surface area contributed by atoms with Gasteiger partial charge in [0.05, 0.1) is 20.3 Å². The summed E-state index contributed by atoms with van der Waals surface area (Å²) < 4.78 is 10.8. The molecule has 0 radical (unpaired) electrons. The van der Waals surface area contributed by atoms with Gasteiger partial charge in [-0.05, 0) is 55.6 Å². The van der Waals surface area contributed by atoms with Crippen molar-refractivity contribution in [2.24, 2.45) is 11.8 Å². The Labute approximate surface area is 173 Å². The maximum absolute atomic E-state index is 5.50. The van der Waals surface area contributed by atoms with Crippen LogP contribution in [0.3, 0.4) is 0 Å². The third-order valence-electron chi connectivity index (χ3n) is 6.44. The molecule has 1 aromatic rings. The number of benzene rings is 1. The molecular weight excluding hydrogens is 372 g/mol. The monoisotopic (exact) mass is 404 g/mol. The zero-order valence-corrected chi connectivity index (χ0v) is 17.5. The van der Waals surface area contributed by atoms with E-state index in [4.69, 9.17) is 21.7 Å². The standard InChI is InChI=1S/C21H32N4O2S/c1-26-20-4-2-3-18(12-20)23-21(28)22-13-19-11-16-5-6-25(19)15-17(16)14-24-7-9-27-10-8-24/h2-4,12,16-17,19H,5-11,13-15H2,1H3,(H2,22,23,28). The second-order valence-electron chi connectivity index (χ2n) is 8.17. The number of nitrogens with one attached hydrogen (secondary N) is 2. The van der Waals surface area contributed by atoms with Gasteiger partial charge >= 0.3 is 0 Å². The van der Waals surface area contributed by atoms with Crippen molar-refractivity contribution in [2.75, 3.05) is 64.9 Å². The van der Waals surface area contributed by atoms with Crippen LogP contribution in [-0.2, 0) is 4.74 Å². The third kappa shape index (κ3) is 4.95. The van der Waals surface area contributed by atoms with Gasteiger partial charge in [0.15, 0.2) is 5.11 Å². The zero-order valence-electron chi connectivity index (χ0n) is 16.7. The van der Waals surface area contributed by atoms with Gasteiger partial charge in [-0.1, -0.05) is 6.07 Å². The minimum atomic E-state index is 0.588. The Morgan fingerprint density at radius 1 is 1.29 bits per heavy atom. The fraction of sp³-hybridized carbons (Fsp3) is 0.667. The van der Waals surface area contributed by atoms with E-state index >= 15 is 0 Å². The lowest BCUT2D eigenvalue weighted by Gasteiger charge is -2.51. The van der Waals surface area contributed by atoms with Gasteiger partial charge in [0.2, 0.25) is 0 Å². The van der Waals surface area contributed by atoms with Crippen LogP contribution in [0, 0.1) is 11.8 Å². The van der Waals surface area contributed by atoms with Crippen molar-refractivity contribution in [1.82, 2.24) is 15.1 Å². The summed E-state index contributed by atoms with van der Waals surface area (Å²) >= 11 is 5.50. The fourth-order valence-corrected chi connectivity index (χ4v) is 5.07. The Hall–Kier alpha value is -1.41. The molecule has 4 fully saturated rings. The van der Waals surface area contributed by atoms with Crippen LogP contribution in [0.1, 0.15) is 12.8 Å². The van der Waals surface area contributed by atoms with Gasteiger partial charge in [0.1, 0.15) is 5.75 Å². The van der Waals surface area contributed by atoms with Crippen LogP contribution < -0.4 is 15.4 Å². The topological polar surface area (TPSA) is 49.0 Å². The minimum Gasteiger partial charge on any atom is -0.497 e. The Morgan fingerprint density at radius 3 is 2.89 bits per heavy atom. The average Bonchev–Trinajstić information content (AvgIpc) is 2.74. The van der Waals surface area contributed by atoms with E-state index in [0.717, 1.165) is 56.1 Å². The van der Waals surface area contributed by atoms with Gasteiger partial charge in [-0.3, -0.25) is 9.80 Å². The minimum absolute atomic E-state index is 0.588. The highest BCUT2D eigenvalue weighted by molar-refractivity contribution is 7.80. The maximum atomic E-state index is 5.50. The lowest BCUT2D eigenvalue weighted by Crippen LogP contribution is -2.59. The summed E-state index contributed by atoms with van der Waals surface area (Å²) in [6.07, 6.45) is 2.63. The molecule has 7 heteroatoms. The van der Waals surface area contributed by atoms with Gasteiger partial charge in [-0.25, -0.2) is 0 Å². The summed E-state index contributed by atoms with van der Waals surface area (Å²) in [5.41, 5.74) is 0.952. The molecule has 4 unspecified atom stereocenters. The van der Waals surface area contributed by atoms with Crippen molar-refractivity contribution >= 4 is 23.0 Å². The lowest BCUT2D eigenvalue weighted by molar-refractivity contribution is -0.0286. The summed E-state index contributed by atoms with van der Waals surface area (Å²) in [4.78, 5) is 5.27. The summed E-state index contributed by atoms with van der Waals surface area (Å²) in [5, 5.41) is 7.38. The molecule has 0 aliphatic carbocycles. The smallest absolute Gasteiger partial charge is 0.170 e. The van der Waals surface area contributed by atoms with Crippen molar-refractivity contribution in [2.45, 2.75) is 18.9 Å². The third-order valence-corrected chi connectivity index (χ3v) is 6.68. The van der Waals surface area contributed by atoms with E-state index in [1.54, 1.807) is 7.11 Å². The zero-order chi connectivity index (χ0) is 19.3.